The molecule has 0 N–H and O–H groups in total. The topological polar surface area (TPSA) is 85.6 Å². The highest BCUT2D eigenvalue weighted by Gasteiger charge is 2.23. The molecule has 0 saturated heterocycles. The first-order valence-electron chi connectivity index (χ1n) is 8.18. The molecule has 1 aliphatic heterocycles. The van der Waals surface area contributed by atoms with Gasteiger partial charge in [0, 0.05) is 17.9 Å². The Morgan fingerprint density at radius 1 is 1.00 bits per heavy atom. The second-order valence-electron chi connectivity index (χ2n) is 5.87. The van der Waals surface area contributed by atoms with E-state index in [1.165, 1.54) is 14.2 Å². The summed E-state index contributed by atoms with van der Waals surface area (Å²) in [7, 11) is 4.55. The predicted octanol–water partition coefficient (Wildman–Crippen LogP) is 2.81. The van der Waals surface area contributed by atoms with Crippen LogP contribution in [0.5, 0.6) is 23.0 Å². The van der Waals surface area contributed by atoms with E-state index in [0.717, 1.165) is 5.56 Å². The Hall–Kier alpha value is -2.97. The van der Waals surface area contributed by atoms with Gasteiger partial charge in [0.1, 0.15) is 6.79 Å². The van der Waals surface area contributed by atoms with Crippen molar-refractivity contribution in [2.45, 2.75) is 6.61 Å². The highest BCUT2D eigenvalue weighted by Crippen LogP contribution is 2.43. The van der Waals surface area contributed by atoms with E-state index < -0.39 is 5.63 Å². The Bertz CT molecular complexity index is 1070. The zero-order valence-electron chi connectivity index (χ0n) is 15.1. The zero-order chi connectivity index (χ0) is 19.0. The van der Waals surface area contributed by atoms with Crippen molar-refractivity contribution < 1.29 is 32.8 Å². The molecule has 27 heavy (non-hydrogen) atoms. The normalized spacial score (nSPS) is 12.7. The second-order valence-corrected chi connectivity index (χ2v) is 5.87. The van der Waals surface area contributed by atoms with Crippen molar-refractivity contribution in [2.75, 3.05) is 34.9 Å². The SMILES string of the molecule is COCOCc1cc(OC)c(OC)c2oc(=O)c3cc4c(cc3c12)OCO4. The van der Waals surface area contributed by atoms with Gasteiger partial charge in [-0.05, 0) is 23.8 Å². The maximum atomic E-state index is 12.6. The van der Waals surface area contributed by atoms with Gasteiger partial charge in [-0.3, -0.25) is 0 Å². The lowest BCUT2D eigenvalue weighted by Crippen LogP contribution is -2.05. The molecule has 0 atom stereocenters. The molecule has 4 rings (SSSR count). The van der Waals surface area contributed by atoms with E-state index in [1.807, 2.05) is 0 Å². The minimum absolute atomic E-state index is 0.107. The zero-order valence-corrected chi connectivity index (χ0v) is 15.1. The van der Waals surface area contributed by atoms with E-state index in [1.54, 1.807) is 25.3 Å². The van der Waals surface area contributed by atoms with Crippen LogP contribution in [-0.2, 0) is 16.1 Å². The first-order chi connectivity index (χ1) is 13.2. The molecule has 0 fully saturated rings. The third-order valence-corrected chi connectivity index (χ3v) is 4.36. The summed E-state index contributed by atoms with van der Waals surface area (Å²) >= 11 is 0. The average Bonchev–Trinajstić information content (AvgIpc) is 3.13. The molecular formula is C19H18O8. The van der Waals surface area contributed by atoms with Gasteiger partial charge in [-0.15, -0.1) is 0 Å². The quantitative estimate of drug-likeness (QED) is 0.282. The van der Waals surface area contributed by atoms with Gasteiger partial charge in [0.25, 0.3) is 0 Å². The first kappa shape index (κ1) is 17.4. The van der Waals surface area contributed by atoms with E-state index in [-0.39, 0.29) is 25.8 Å². The molecule has 2 heterocycles. The molecule has 8 nitrogen and oxygen atoms in total. The summed E-state index contributed by atoms with van der Waals surface area (Å²) in [5.74, 6) is 1.84. The van der Waals surface area contributed by atoms with Crippen LogP contribution in [0.2, 0.25) is 0 Å². The molecule has 0 spiro atoms. The van der Waals surface area contributed by atoms with E-state index in [2.05, 4.69) is 0 Å². The molecule has 0 aliphatic carbocycles. The van der Waals surface area contributed by atoms with Crippen LogP contribution < -0.4 is 24.6 Å². The van der Waals surface area contributed by atoms with E-state index in [9.17, 15) is 4.79 Å². The molecule has 8 heteroatoms. The van der Waals surface area contributed by atoms with E-state index in [4.69, 9.17) is 32.8 Å². The maximum Gasteiger partial charge on any atom is 0.344 e. The fraction of sp³-hybridized carbons (Fsp3) is 0.316. The van der Waals surface area contributed by atoms with Crippen molar-refractivity contribution in [3.8, 4) is 23.0 Å². The lowest BCUT2D eigenvalue weighted by atomic mass is 10.0. The fourth-order valence-electron chi connectivity index (χ4n) is 3.22. The van der Waals surface area contributed by atoms with Gasteiger partial charge in [-0.1, -0.05) is 0 Å². The van der Waals surface area contributed by atoms with Gasteiger partial charge < -0.3 is 32.8 Å². The van der Waals surface area contributed by atoms with Crippen molar-refractivity contribution >= 4 is 21.7 Å². The molecule has 1 aliphatic rings. The van der Waals surface area contributed by atoms with Crippen molar-refractivity contribution in [2.24, 2.45) is 0 Å². The minimum atomic E-state index is -0.508. The molecule has 2 aromatic carbocycles. The van der Waals surface area contributed by atoms with Crippen LogP contribution in [0.1, 0.15) is 5.56 Å². The first-order valence-corrected chi connectivity index (χ1v) is 8.18. The van der Waals surface area contributed by atoms with Crippen LogP contribution >= 0.6 is 0 Å². The number of benzene rings is 2. The lowest BCUT2D eigenvalue weighted by molar-refractivity contribution is -0.0387. The number of methoxy groups -OCH3 is 3. The summed E-state index contributed by atoms with van der Waals surface area (Å²) in [4.78, 5) is 12.6. The molecular weight excluding hydrogens is 356 g/mol. The Kier molecular flexibility index (Phi) is 4.51. The molecule has 3 aromatic rings. The molecule has 0 saturated carbocycles. The smallest absolute Gasteiger partial charge is 0.344 e. The van der Waals surface area contributed by atoms with Gasteiger partial charge >= 0.3 is 5.63 Å². The minimum Gasteiger partial charge on any atom is -0.493 e. The van der Waals surface area contributed by atoms with Gasteiger partial charge in [0.15, 0.2) is 22.8 Å². The number of ether oxygens (including phenoxy) is 6. The van der Waals surface area contributed by atoms with Gasteiger partial charge in [-0.25, -0.2) is 4.79 Å². The van der Waals surface area contributed by atoms with Crippen molar-refractivity contribution in [1.29, 1.82) is 0 Å². The Morgan fingerprint density at radius 2 is 1.74 bits per heavy atom. The third-order valence-electron chi connectivity index (χ3n) is 4.36. The summed E-state index contributed by atoms with van der Waals surface area (Å²) in [6.07, 6.45) is 0. The van der Waals surface area contributed by atoms with Crippen LogP contribution in [0.25, 0.3) is 21.7 Å². The van der Waals surface area contributed by atoms with E-state index >= 15 is 0 Å². The van der Waals surface area contributed by atoms with Crippen molar-refractivity contribution in [3.05, 3.63) is 34.2 Å². The Balaban J connectivity index is 2.08. The largest absolute Gasteiger partial charge is 0.493 e. The summed E-state index contributed by atoms with van der Waals surface area (Å²) in [6.45, 7) is 0.453. The lowest BCUT2D eigenvalue weighted by Gasteiger charge is -2.15. The fourth-order valence-corrected chi connectivity index (χ4v) is 3.22. The van der Waals surface area contributed by atoms with Crippen LogP contribution in [-0.4, -0.2) is 34.9 Å². The maximum absolute atomic E-state index is 12.6. The molecule has 0 radical (unpaired) electrons. The number of rotatable bonds is 6. The van der Waals surface area contributed by atoms with Crippen LogP contribution in [0.4, 0.5) is 0 Å². The molecule has 1 aromatic heterocycles. The standard InChI is InChI=1S/C19H18O8/c1-21-8-24-7-10-4-15(22-2)17(23-3)18-16(10)11-5-13-14(26-9-25-13)6-12(11)19(20)27-18/h4-6H,7-9H2,1-3H3. The van der Waals surface area contributed by atoms with Crippen LogP contribution in [0.3, 0.4) is 0 Å². The summed E-state index contributed by atoms with van der Waals surface area (Å²) in [6, 6.07) is 5.18. The number of fused-ring (bicyclic) bond motifs is 4. The van der Waals surface area contributed by atoms with Crippen LogP contribution in [0, 0.1) is 0 Å². The van der Waals surface area contributed by atoms with Crippen molar-refractivity contribution in [1.82, 2.24) is 0 Å². The predicted molar refractivity (Wildman–Crippen MR) is 95.9 cm³/mol. The summed E-state index contributed by atoms with van der Waals surface area (Å²) < 4.78 is 37.8. The highest BCUT2D eigenvalue weighted by molar-refractivity contribution is 6.09. The summed E-state index contributed by atoms with van der Waals surface area (Å²) in [5, 5.41) is 1.71. The molecule has 142 valence electrons. The van der Waals surface area contributed by atoms with Crippen molar-refractivity contribution in [3.63, 3.8) is 0 Å². The monoisotopic (exact) mass is 374 g/mol. The van der Waals surface area contributed by atoms with Gasteiger partial charge in [-0.2, -0.15) is 0 Å². The number of hydrogen-bond acceptors (Lipinski definition) is 8. The number of hydrogen-bond donors (Lipinski definition) is 0. The molecule has 0 amide bonds. The van der Waals surface area contributed by atoms with Gasteiger partial charge in [0.05, 0.1) is 26.2 Å². The Labute approximate surface area is 154 Å². The van der Waals surface area contributed by atoms with Crippen LogP contribution in [0.15, 0.2) is 27.4 Å². The average molecular weight is 374 g/mol. The molecule has 0 unspecified atom stereocenters. The third kappa shape index (κ3) is 2.83. The summed E-state index contributed by atoms with van der Waals surface area (Å²) in [5.41, 5.74) is 0.530. The Morgan fingerprint density at radius 3 is 2.41 bits per heavy atom. The molecule has 0 bridgehead atoms. The van der Waals surface area contributed by atoms with Gasteiger partial charge in [0.2, 0.25) is 12.5 Å². The highest BCUT2D eigenvalue weighted by atomic mass is 16.7. The second kappa shape index (κ2) is 6.98. The van der Waals surface area contributed by atoms with E-state index in [0.29, 0.717) is 39.2 Å².